The first-order chi connectivity index (χ1) is 11.3. The van der Waals surface area contributed by atoms with Crippen molar-refractivity contribution in [3.63, 3.8) is 0 Å². The normalized spacial score (nSPS) is 20.1. The molecule has 0 amide bonds. The lowest BCUT2D eigenvalue weighted by Crippen LogP contribution is -2.22. The Labute approximate surface area is 140 Å². The van der Waals surface area contributed by atoms with E-state index in [0.29, 0.717) is 12.0 Å². The number of methoxy groups -OCH3 is 1. The van der Waals surface area contributed by atoms with Crippen molar-refractivity contribution in [2.45, 2.75) is 18.1 Å². The molecule has 0 fully saturated rings. The molecule has 2 aromatic rings. The maximum absolute atomic E-state index is 12.5. The van der Waals surface area contributed by atoms with Gasteiger partial charge in [0.15, 0.2) is 5.78 Å². The van der Waals surface area contributed by atoms with E-state index in [1.807, 2.05) is 23.6 Å². The zero-order chi connectivity index (χ0) is 16.1. The molecule has 2 atom stereocenters. The molecule has 0 spiro atoms. The number of allylic oxidation sites excluding steroid dienone is 1. The number of thioether (sulfide) groups is 1. The van der Waals surface area contributed by atoms with Crippen molar-refractivity contribution >= 4 is 17.5 Å². The predicted molar refractivity (Wildman–Crippen MR) is 91.1 cm³/mol. The fourth-order valence-corrected chi connectivity index (χ4v) is 3.98. The van der Waals surface area contributed by atoms with E-state index in [0.717, 1.165) is 17.9 Å². The molecule has 118 valence electrons. The minimum atomic E-state index is 0.0692. The van der Waals surface area contributed by atoms with E-state index >= 15 is 0 Å². The van der Waals surface area contributed by atoms with Gasteiger partial charge in [-0.2, -0.15) is 0 Å². The highest BCUT2D eigenvalue weighted by Crippen LogP contribution is 2.40. The number of pyridine rings is 2. The molecule has 1 aliphatic rings. The summed E-state index contributed by atoms with van der Waals surface area (Å²) in [7, 11) is 1.66. The molecule has 1 aliphatic heterocycles. The van der Waals surface area contributed by atoms with Gasteiger partial charge in [-0.1, -0.05) is 6.07 Å². The first kappa shape index (κ1) is 15.7. The Morgan fingerprint density at radius 1 is 1.26 bits per heavy atom. The number of ketones is 1. The minimum absolute atomic E-state index is 0.0692. The van der Waals surface area contributed by atoms with Gasteiger partial charge in [0.1, 0.15) is 5.76 Å². The summed E-state index contributed by atoms with van der Waals surface area (Å²) in [5.41, 5.74) is 1.69. The van der Waals surface area contributed by atoms with E-state index in [-0.39, 0.29) is 17.0 Å². The van der Waals surface area contributed by atoms with E-state index in [1.165, 1.54) is 0 Å². The van der Waals surface area contributed by atoms with Crippen molar-refractivity contribution in [1.29, 1.82) is 0 Å². The van der Waals surface area contributed by atoms with Gasteiger partial charge in [-0.3, -0.25) is 14.8 Å². The molecule has 0 aromatic carbocycles. The number of nitrogens with zero attached hydrogens (tertiary/aromatic N) is 2. The highest BCUT2D eigenvalue weighted by atomic mass is 32.2. The van der Waals surface area contributed by atoms with Gasteiger partial charge in [-0.25, -0.2) is 0 Å². The Hall–Kier alpha value is -2.14. The maximum atomic E-state index is 12.5. The van der Waals surface area contributed by atoms with Crippen LogP contribution in [-0.2, 0) is 11.2 Å². The lowest BCUT2D eigenvalue weighted by molar-refractivity contribution is 0.0951. The molecule has 0 saturated heterocycles. The van der Waals surface area contributed by atoms with Gasteiger partial charge in [-0.15, -0.1) is 11.8 Å². The van der Waals surface area contributed by atoms with Crippen molar-refractivity contribution in [1.82, 2.24) is 9.97 Å². The molecule has 3 rings (SSSR count). The van der Waals surface area contributed by atoms with Crippen LogP contribution in [0.4, 0.5) is 0 Å². The first-order valence-electron chi connectivity index (χ1n) is 7.50. The number of Topliss-reactive ketones (excluding diaryl/α,β-unsaturated/α-hetero) is 1. The molecule has 0 aliphatic carbocycles. The summed E-state index contributed by atoms with van der Waals surface area (Å²) in [6, 6.07) is 9.51. The average Bonchev–Trinajstić information content (AvgIpc) is 2.98. The van der Waals surface area contributed by atoms with Gasteiger partial charge in [0.25, 0.3) is 0 Å². The predicted octanol–water partition coefficient (Wildman–Crippen LogP) is 3.51. The molecule has 2 aromatic heterocycles. The van der Waals surface area contributed by atoms with Crippen molar-refractivity contribution in [3.05, 3.63) is 71.3 Å². The number of rotatable bonds is 6. The van der Waals surface area contributed by atoms with Gasteiger partial charge in [0.2, 0.25) is 0 Å². The number of hydrogen-bond acceptors (Lipinski definition) is 5. The summed E-state index contributed by atoms with van der Waals surface area (Å²) in [6.45, 7) is 0. The third-order valence-corrected chi connectivity index (χ3v) is 5.15. The Kier molecular flexibility index (Phi) is 5.08. The van der Waals surface area contributed by atoms with Crippen molar-refractivity contribution in [3.8, 4) is 0 Å². The largest absolute Gasteiger partial charge is 0.500 e. The quantitative estimate of drug-likeness (QED) is 0.760. The minimum Gasteiger partial charge on any atom is -0.500 e. The van der Waals surface area contributed by atoms with Gasteiger partial charge in [0.05, 0.1) is 7.11 Å². The molecular weight excluding hydrogens is 308 g/mol. The van der Waals surface area contributed by atoms with Gasteiger partial charge < -0.3 is 4.74 Å². The van der Waals surface area contributed by atoms with Crippen LogP contribution in [0.25, 0.3) is 0 Å². The second-order valence-corrected chi connectivity index (χ2v) is 6.51. The molecule has 0 radical (unpaired) electrons. The smallest absolute Gasteiger partial charge is 0.165 e. The lowest BCUT2D eigenvalue weighted by atomic mass is 9.92. The van der Waals surface area contributed by atoms with Crippen molar-refractivity contribution in [2.24, 2.45) is 5.92 Å². The second kappa shape index (κ2) is 7.42. The number of carbonyl (C=O) groups is 1. The van der Waals surface area contributed by atoms with Crippen LogP contribution < -0.4 is 0 Å². The van der Waals surface area contributed by atoms with Crippen LogP contribution in [0, 0.1) is 5.92 Å². The third kappa shape index (κ3) is 3.79. The topological polar surface area (TPSA) is 52.1 Å². The van der Waals surface area contributed by atoms with Crippen LogP contribution >= 0.6 is 11.8 Å². The van der Waals surface area contributed by atoms with Crippen LogP contribution in [0.2, 0.25) is 0 Å². The molecule has 3 heterocycles. The molecule has 4 nitrogen and oxygen atoms in total. The van der Waals surface area contributed by atoms with Crippen molar-refractivity contribution in [2.75, 3.05) is 7.11 Å². The molecule has 0 N–H and O–H groups in total. The first-order valence-corrected chi connectivity index (χ1v) is 8.45. The molecule has 2 unspecified atom stereocenters. The summed E-state index contributed by atoms with van der Waals surface area (Å²) in [5, 5.41) is 2.29. The number of hydrogen-bond donors (Lipinski definition) is 0. The fourth-order valence-electron chi connectivity index (χ4n) is 2.71. The lowest BCUT2D eigenvalue weighted by Gasteiger charge is -2.20. The fraction of sp³-hybridized carbons (Fsp3) is 0.278. The molecular formula is C18H18N2O2S. The SMILES string of the molecule is COC1=CSC(Cc2ccccn2)C1CC(=O)c1cccnc1. The summed E-state index contributed by atoms with van der Waals surface area (Å²) in [5.74, 6) is 1.05. The van der Waals surface area contributed by atoms with E-state index < -0.39 is 0 Å². The van der Waals surface area contributed by atoms with E-state index in [4.69, 9.17) is 4.74 Å². The van der Waals surface area contributed by atoms with E-state index in [1.54, 1.807) is 49.6 Å². The number of aromatic nitrogens is 2. The second-order valence-electron chi connectivity index (χ2n) is 5.40. The van der Waals surface area contributed by atoms with Crippen LogP contribution in [0.5, 0.6) is 0 Å². The highest BCUT2D eigenvalue weighted by Gasteiger charge is 2.33. The number of carbonyl (C=O) groups excluding carboxylic acids is 1. The van der Waals surface area contributed by atoms with E-state index in [2.05, 4.69) is 9.97 Å². The standard InChI is InChI=1S/C18H18N2O2S/c1-22-17-12-23-18(9-14-6-2-3-8-20-14)15(17)10-16(21)13-5-4-7-19-11-13/h2-8,11-12,15,18H,9-10H2,1H3. The zero-order valence-electron chi connectivity index (χ0n) is 12.9. The Bertz CT molecular complexity index is 689. The van der Waals surface area contributed by atoms with Gasteiger partial charge >= 0.3 is 0 Å². The number of ether oxygens (including phenoxy) is 1. The Balaban J connectivity index is 1.73. The van der Waals surface area contributed by atoms with E-state index in [9.17, 15) is 4.79 Å². The van der Waals surface area contributed by atoms with Gasteiger partial charge in [0, 0.05) is 59.3 Å². The van der Waals surface area contributed by atoms with Crippen LogP contribution in [0.1, 0.15) is 22.5 Å². The molecule has 0 saturated carbocycles. The van der Waals surface area contributed by atoms with Crippen LogP contribution in [0.15, 0.2) is 60.1 Å². The summed E-state index contributed by atoms with van der Waals surface area (Å²) >= 11 is 1.72. The molecule has 0 bridgehead atoms. The summed E-state index contributed by atoms with van der Waals surface area (Å²) < 4.78 is 5.48. The Morgan fingerprint density at radius 3 is 2.87 bits per heavy atom. The third-order valence-electron chi connectivity index (χ3n) is 3.93. The Morgan fingerprint density at radius 2 is 2.17 bits per heavy atom. The van der Waals surface area contributed by atoms with Crippen molar-refractivity contribution < 1.29 is 9.53 Å². The van der Waals surface area contributed by atoms with Crippen LogP contribution in [-0.4, -0.2) is 28.1 Å². The summed E-state index contributed by atoms with van der Waals surface area (Å²) in [6.07, 6.45) is 6.34. The highest BCUT2D eigenvalue weighted by molar-refractivity contribution is 8.03. The summed E-state index contributed by atoms with van der Waals surface area (Å²) in [4.78, 5) is 20.9. The van der Waals surface area contributed by atoms with Gasteiger partial charge in [-0.05, 0) is 24.3 Å². The van der Waals surface area contributed by atoms with Crippen LogP contribution in [0.3, 0.4) is 0 Å². The average molecular weight is 326 g/mol. The molecule has 5 heteroatoms. The molecule has 23 heavy (non-hydrogen) atoms. The zero-order valence-corrected chi connectivity index (χ0v) is 13.7. The maximum Gasteiger partial charge on any atom is 0.165 e. The monoisotopic (exact) mass is 326 g/mol.